The van der Waals surface area contributed by atoms with Crippen LogP contribution in [0, 0.1) is 5.82 Å². The summed E-state index contributed by atoms with van der Waals surface area (Å²) >= 11 is 4.63. The zero-order valence-corrected chi connectivity index (χ0v) is 7.64. The van der Waals surface area contributed by atoms with Crippen LogP contribution in [0.25, 0.3) is 5.70 Å². The van der Waals surface area contributed by atoms with Crippen molar-refractivity contribution in [3.63, 3.8) is 0 Å². The summed E-state index contributed by atoms with van der Waals surface area (Å²) in [6, 6.07) is 5.93. The van der Waals surface area contributed by atoms with Crippen molar-refractivity contribution < 1.29 is 4.39 Å². The van der Waals surface area contributed by atoms with Crippen molar-refractivity contribution in [1.29, 1.82) is 0 Å². The van der Waals surface area contributed by atoms with Crippen LogP contribution in [0.1, 0.15) is 5.56 Å². The number of halogens is 1. The van der Waals surface area contributed by atoms with E-state index in [0.29, 0.717) is 11.3 Å². The van der Waals surface area contributed by atoms with Crippen molar-refractivity contribution in [3.05, 3.63) is 41.7 Å². The van der Waals surface area contributed by atoms with Crippen molar-refractivity contribution >= 4 is 22.9 Å². The quantitative estimate of drug-likeness (QED) is 0.555. The third-order valence-corrected chi connectivity index (χ3v) is 1.57. The highest BCUT2D eigenvalue weighted by Gasteiger charge is 1.97. The Morgan fingerprint density at radius 2 is 2.08 bits per heavy atom. The van der Waals surface area contributed by atoms with Gasteiger partial charge in [-0.1, -0.05) is 24.4 Å². The summed E-state index contributed by atoms with van der Waals surface area (Å²) in [7, 11) is 0. The Labute approximate surface area is 81.0 Å². The lowest BCUT2D eigenvalue weighted by Gasteiger charge is -2.00. The van der Waals surface area contributed by atoms with Gasteiger partial charge in [-0.25, -0.2) is 4.39 Å². The van der Waals surface area contributed by atoms with Crippen LogP contribution in [0.4, 0.5) is 4.39 Å². The van der Waals surface area contributed by atoms with Gasteiger partial charge in [0.25, 0.3) is 0 Å². The summed E-state index contributed by atoms with van der Waals surface area (Å²) < 4.78 is 12.7. The molecule has 1 rings (SSSR count). The fourth-order valence-electron chi connectivity index (χ4n) is 0.905. The zero-order chi connectivity index (χ0) is 9.84. The summed E-state index contributed by atoms with van der Waals surface area (Å²) in [5.41, 5.74) is 11.8. The molecule has 0 bridgehead atoms. The Morgan fingerprint density at radius 1 is 1.38 bits per heavy atom. The SMILES string of the molecule is NC(=S)C=C(N)c1cccc(F)c1. The van der Waals surface area contributed by atoms with Gasteiger partial charge in [0.05, 0.1) is 4.99 Å². The molecule has 0 heterocycles. The second kappa shape index (κ2) is 4.00. The molecule has 68 valence electrons. The predicted octanol–water partition coefficient (Wildman–Crippen LogP) is 1.41. The van der Waals surface area contributed by atoms with Gasteiger partial charge in [0.15, 0.2) is 0 Å². The monoisotopic (exact) mass is 196 g/mol. The minimum atomic E-state index is -0.336. The Morgan fingerprint density at radius 3 is 2.62 bits per heavy atom. The smallest absolute Gasteiger partial charge is 0.123 e. The molecule has 1 aromatic rings. The lowest BCUT2D eigenvalue weighted by atomic mass is 10.1. The van der Waals surface area contributed by atoms with Gasteiger partial charge in [-0.05, 0) is 18.2 Å². The molecule has 0 amide bonds. The Bertz CT molecular complexity index is 360. The summed E-state index contributed by atoms with van der Waals surface area (Å²) in [6.45, 7) is 0. The maximum atomic E-state index is 12.7. The van der Waals surface area contributed by atoms with E-state index in [9.17, 15) is 4.39 Å². The van der Waals surface area contributed by atoms with E-state index >= 15 is 0 Å². The topological polar surface area (TPSA) is 52.0 Å². The summed E-state index contributed by atoms with van der Waals surface area (Å²) in [6.07, 6.45) is 1.42. The van der Waals surface area contributed by atoms with E-state index in [1.54, 1.807) is 12.1 Å². The fourth-order valence-corrected chi connectivity index (χ4v) is 1.03. The van der Waals surface area contributed by atoms with Crippen LogP contribution in [-0.2, 0) is 0 Å². The number of nitrogens with two attached hydrogens (primary N) is 2. The molecular weight excluding hydrogens is 187 g/mol. The van der Waals surface area contributed by atoms with Gasteiger partial charge < -0.3 is 11.5 Å². The minimum absolute atomic E-state index is 0.182. The standard InChI is InChI=1S/C9H9FN2S/c10-7-3-1-2-6(4-7)8(11)5-9(12)13/h1-5H,11H2,(H2,12,13). The molecule has 0 aliphatic heterocycles. The van der Waals surface area contributed by atoms with Crippen LogP contribution in [0.2, 0.25) is 0 Å². The van der Waals surface area contributed by atoms with Gasteiger partial charge in [-0.2, -0.15) is 0 Å². The van der Waals surface area contributed by atoms with E-state index in [1.165, 1.54) is 18.2 Å². The molecule has 0 saturated carbocycles. The summed E-state index contributed by atoms with van der Waals surface area (Å²) in [5, 5.41) is 0. The minimum Gasteiger partial charge on any atom is -0.398 e. The Kier molecular flexibility index (Phi) is 2.97. The highest BCUT2D eigenvalue weighted by atomic mass is 32.1. The lowest BCUT2D eigenvalue weighted by molar-refractivity contribution is 0.627. The highest BCUT2D eigenvalue weighted by molar-refractivity contribution is 7.80. The van der Waals surface area contributed by atoms with E-state index in [-0.39, 0.29) is 10.8 Å². The molecule has 0 aromatic heterocycles. The van der Waals surface area contributed by atoms with Crippen LogP contribution in [0.15, 0.2) is 30.3 Å². The van der Waals surface area contributed by atoms with E-state index < -0.39 is 0 Å². The predicted molar refractivity (Wildman–Crippen MR) is 55.3 cm³/mol. The maximum Gasteiger partial charge on any atom is 0.123 e. The van der Waals surface area contributed by atoms with Gasteiger partial charge in [0.1, 0.15) is 5.82 Å². The first-order valence-corrected chi connectivity index (χ1v) is 4.03. The van der Waals surface area contributed by atoms with Gasteiger partial charge in [0.2, 0.25) is 0 Å². The second-order valence-electron chi connectivity index (χ2n) is 2.51. The molecule has 4 N–H and O–H groups in total. The number of hydrogen-bond acceptors (Lipinski definition) is 2. The Hall–Kier alpha value is -1.42. The molecular formula is C9H9FN2S. The maximum absolute atomic E-state index is 12.7. The summed E-state index contributed by atoms with van der Waals surface area (Å²) in [5.74, 6) is -0.336. The molecule has 0 saturated heterocycles. The van der Waals surface area contributed by atoms with Crippen molar-refractivity contribution in [2.45, 2.75) is 0 Å². The van der Waals surface area contributed by atoms with Crippen molar-refractivity contribution in [3.8, 4) is 0 Å². The normalized spacial score (nSPS) is 11.3. The van der Waals surface area contributed by atoms with Gasteiger partial charge in [-0.15, -0.1) is 0 Å². The average molecular weight is 196 g/mol. The second-order valence-corrected chi connectivity index (χ2v) is 2.98. The summed E-state index contributed by atoms with van der Waals surface area (Å²) in [4.78, 5) is 0.182. The van der Waals surface area contributed by atoms with Gasteiger partial charge in [0, 0.05) is 11.3 Å². The largest absolute Gasteiger partial charge is 0.398 e. The zero-order valence-electron chi connectivity index (χ0n) is 6.83. The Balaban J connectivity index is 3.02. The molecule has 0 spiro atoms. The van der Waals surface area contributed by atoms with E-state index in [0.717, 1.165) is 0 Å². The molecule has 0 atom stereocenters. The lowest BCUT2D eigenvalue weighted by Crippen LogP contribution is -2.07. The molecule has 13 heavy (non-hydrogen) atoms. The molecule has 0 unspecified atom stereocenters. The van der Waals surface area contributed by atoms with Crippen molar-refractivity contribution in [2.24, 2.45) is 11.5 Å². The third-order valence-electron chi connectivity index (χ3n) is 1.46. The third kappa shape index (κ3) is 2.83. The molecule has 0 aliphatic carbocycles. The molecule has 4 heteroatoms. The van der Waals surface area contributed by atoms with Gasteiger partial charge >= 0.3 is 0 Å². The molecule has 0 fully saturated rings. The van der Waals surface area contributed by atoms with Gasteiger partial charge in [-0.3, -0.25) is 0 Å². The van der Waals surface area contributed by atoms with E-state index in [2.05, 4.69) is 12.2 Å². The van der Waals surface area contributed by atoms with Crippen molar-refractivity contribution in [2.75, 3.05) is 0 Å². The van der Waals surface area contributed by atoms with Crippen LogP contribution in [0.3, 0.4) is 0 Å². The molecule has 2 nitrogen and oxygen atoms in total. The van der Waals surface area contributed by atoms with Crippen LogP contribution in [-0.4, -0.2) is 4.99 Å². The van der Waals surface area contributed by atoms with E-state index in [1.807, 2.05) is 0 Å². The molecule has 1 aromatic carbocycles. The number of rotatable bonds is 2. The number of benzene rings is 1. The highest BCUT2D eigenvalue weighted by Crippen LogP contribution is 2.09. The average Bonchev–Trinajstić information content (AvgIpc) is 2.03. The number of thiocarbonyl (C=S) groups is 1. The van der Waals surface area contributed by atoms with E-state index in [4.69, 9.17) is 11.5 Å². The molecule has 0 aliphatic rings. The first-order chi connectivity index (χ1) is 6.09. The first-order valence-electron chi connectivity index (χ1n) is 3.62. The fraction of sp³-hybridized carbons (Fsp3) is 0. The van der Waals surface area contributed by atoms with Crippen LogP contribution < -0.4 is 11.5 Å². The van der Waals surface area contributed by atoms with Crippen LogP contribution >= 0.6 is 12.2 Å². The van der Waals surface area contributed by atoms with Crippen molar-refractivity contribution in [1.82, 2.24) is 0 Å². The molecule has 0 radical (unpaired) electrons. The number of hydrogen-bond donors (Lipinski definition) is 2. The van der Waals surface area contributed by atoms with Crippen LogP contribution in [0.5, 0.6) is 0 Å². The first kappa shape index (κ1) is 9.67.